The van der Waals surface area contributed by atoms with Crippen molar-refractivity contribution in [3.63, 3.8) is 0 Å². The molecule has 2 N–H and O–H groups in total. The number of nitrogens with one attached hydrogen (secondary N) is 2. The molecule has 1 aromatic heterocycles. The summed E-state index contributed by atoms with van der Waals surface area (Å²) in [5, 5.41) is 2.96. The molecule has 0 radical (unpaired) electrons. The molecule has 0 bridgehead atoms. The van der Waals surface area contributed by atoms with Crippen molar-refractivity contribution in [2.24, 2.45) is 0 Å². The van der Waals surface area contributed by atoms with Gasteiger partial charge >= 0.3 is 5.97 Å². The van der Waals surface area contributed by atoms with E-state index in [-0.39, 0.29) is 0 Å². The molecule has 0 atom stereocenters. The lowest BCUT2D eigenvalue weighted by atomic mass is 10.2. The number of benzene rings is 2. The Hall–Kier alpha value is -3.06. The molecule has 0 aliphatic carbocycles. The Morgan fingerprint density at radius 2 is 2.08 bits per heavy atom. The molecule has 7 nitrogen and oxygen atoms in total. The molecule has 0 saturated carbocycles. The summed E-state index contributed by atoms with van der Waals surface area (Å²) in [6.45, 7) is -0.413. The van der Waals surface area contributed by atoms with E-state index in [2.05, 4.69) is 15.3 Å². The van der Waals surface area contributed by atoms with Gasteiger partial charge < -0.3 is 19.8 Å². The smallest absolute Gasteiger partial charge is 0.338 e. The van der Waals surface area contributed by atoms with Gasteiger partial charge in [0.2, 0.25) is 0 Å². The molecule has 1 amide bonds. The van der Waals surface area contributed by atoms with Gasteiger partial charge in [-0.3, -0.25) is 4.79 Å². The normalized spacial score (nSPS) is 10.5. The van der Waals surface area contributed by atoms with Gasteiger partial charge in [0.15, 0.2) is 6.61 Å². The number of fused-ring (bicyclic) bond motifs is 1. The maximum atomic E-state index is 12.0. The van der Waals surface area contributed by atoms with Crippen molar-refractivity contribution in [1.29, 1.82) is 0 Å². The number of carbonyl (C=O) groups excluding carboxylic acids is 2. The van der Waals surface area contributed by atoms with Gasteiger partial charge in [0.05, 0.1) is 35.1 Å². The van der Waals surface area contributed by atoms with Gasteiger partial charge in [-0.05, 0) is 36.4 Å². The summed E-state index contributed by atoms with van der Waals surface area (Å²) in [4.78, 5) is 30.9. The number of nitrogens with zero attached hydrogens (tertiary/aromatic N) is 1. The van der Waals surface area contributed by atoms with Gasteiger partial charge in [-0.15, -0.1) is 0 Å². The standard InChI is InChI=1S/C17H14ClN3O4/c1-24-15-5-3-11(7-12(15)18)21-16(22)8-25-17(23)10-2-4-13-14(6-10)20-9-19-13/h2-7,9H,8H2,1H3,(H,19,20)(H,21,22). The van der Waals surface area contributed by atoms with Crippen LogP contribution < -0.4 is 10.1 Å². The van der Waals surface area contributed by atoms with Gasteiger partial charge in [-0.25, -0.2) is 9.78 Å². The molecule has 3 aromatic rings. The lowest BCUT2D eigenvalue weighted by Crippen LogP contribution is -2.20. The second-order valence-electron chi connectivity index (χ2n) is 5.11. The van der Waals surface area contributed by atoms with E-state index in [0.29, 0.717) is 27.5 Å². The molecule has 2 aromatic carbocycles. The molecular weight excluding hydrogens is 346 g/mol. The van der Waals surface area contributed by atoms with Crippen molar-refractivity contribution in [1.82, 2.24) is 9.97 Å². The maximum Gasteiger partial charge on any atom is 0.338 e. The third kappa shape index (κ3) is 3.89. The molecule has 0 saturated heterocycles. The molecule has 0 spiro atoms. The number of ether oxygens (including phenoxy) is 2. The number of esters is 1. The first-order valence-corrected chi connectivity index (χ1v) is 7.68. The summed E-state index contributed by atoms with van der Waals surface area (Å²) in [5.74, 6) is -0.572. The first-order chi connectivity index (χ1) is 12.1. The van der Waals surface area contributed by atoms with Gasteiger partial charge in [-0.2, -0.15) is 0 Å². The Balaban J connectivity index is 1.58. The number of anilines is 1. The summed E-state index contributed by atoms with van der Waals surface area (Å²) < 4.78 is 10.1. The van der Waals surface area contributed by atoms with Crippen LogP contribution in [-0.2, 0) is 9.53 Å². The van der Waals surface area contributed by atoms with Crippen LogP contribution in [0.5, 0.6) is 5.75 Å². The first kappa shape index (κ1) is 16.8. The van der Waals surface area contributed by atoms with Crippen molar-refractivity contribution < 1.29 is 19.1 Å². The molecule has 25 heavy (non-hydrogen) atoms. The zero-order valence-electron chi connectivity index (χ0n) is 13.2. The molecular formula is C17H14ClN3O4. The molecule has 128 valence electrons. The Morgan fingerprint density at radius 1 is 1.24 bits per heavy atom. The molecule has 0 aliphatic heterocycles. The van der Waals surface area contributed by atoms with Crippen LogP contribution in [0, 0.1) is 0 Å². The van der Waals surface area contributed by atoms with Crippen molar-refractivity contribution in [2.45, 2.75) is 0 Å². The highest BCUT2D eigenvalue weighted by molar-refractivity contribution is 6.32. The minimum Gasteiger partial charge on any atom is -0.495 e. The summed E-state index contributed by atoms with van der Waals surface area (Å²) in [5.41, 5.74) is 2.26. The van der Waals surface area contributed by atoms with Crippen LogP contribution in [0.4, 0.5) is 5.69 Å². The number of hydrogen-bond donors (Lipinski definition) is 2. The Labute approximate surface area is 147 Å². The number of aromatic amines is 1. The van der Waals surface area contributed by atoms with Crippen molar-refractivity contribution >= 4 is 40.2 Å². The van der Waals surface area contributed by atoms with Gasteiger partial charge in [0.1, 0.15) is 5.75 Å². The fraction of sp³-hybridized carbons (Fsp3) is 0.118. The number of hydrogen-bond acceptors (Lipinski definition) is 5. The summed E-state index contributed by atoms with van der Waals surface area (Å²) in [6, 6.07) is 9.72. The summed E-state index contributed by atoms with van der Waals surface area (Å²) in [7, 11) is 1.50. The lowest BCUT2D eigenvalue weighted by Gasteiger charge is -2.08. The number of methoxy groups -OCH3 is 1. The predicted molar refractivity (Wildman–Crippen MR) is 93.0 cm³/mol. The Kier molecular flexibility index (Phi) is 4.85. The van der Waals surface area contributed by atoms with Crippen LogP contribution in [0.3, 0.4) is 0 Å². The van der Waals surface area contributed by atoms with Gasteiger partial charge in [0.25, 0.3) is 5.91 Å². The summed E-state index contributed by atoms with van der Waals surface area (Å²) >= 11 is 5.99. The van der Waals surface area contributed by atoms with Crippen LogP contribution in [0.25, 0.3) is 11.0 Å². The number of imidazole rings is 1. The largest absolute Gasteiger partial charge is 0.495 e. The number of carbonyl (C=O) groups is 2. The van der Waals surface area contributed by atoms with E-state index in [1.807, 2.05) is 0 Å². The first-order valence-electron chi connectivity index (χ1n) is 7.30. The van der Waals surface area contributed by atoms with Crippen LogP contribution >= 0.6 is 11.6 Å². The Bertz CT molecular complexity index is 939. The maximum absolute atomic E-state index is 12.0. The minimum absolute atomic E-state index is 0.331. The fourth-order valence-corrected chi connectivity index (χ4v) is 2.48. The van der Waals surface area contributed by atoms with E-state index in [0.717, 1.165) is 5.52 Å². The zero-order valence-corrected chi connectivity index (χ0v) is 14.0. The molecule has 8 heteroatoms. The summed E-state index contributed by atoms with van der Waals surface area (Å²) in [6.07, 6.45) is 1.53. The highest BCUT2D eigenvalue weighted by Gasteiger charge is 2.12. The molecule has 3 rings (SSSR count). The number of H-pyrrole nitrogens is 1. The lowest BCUT2D eigenvalue weighted by molar-refractivity contribution is -0.119. The third-order valence-corrected chi connectivity index (χ3v) is 3.72. The van der Waals surface area contributed by atoms with Crippen LogP contribution in [0.15, 0.2) is 42.7 Å². The average molecular weight is 360 g/mol. The highest BCUT2D eigenvalue weighted by Crippen LogP contribution is 2.27. The van der Waals surface area contributed by atoms with E-state index < -0.39 is 18.5 Å². The van der Waals surface area contributed by atoms with Crippen LogP contribution in [0.1, 0.15) is 10.4 Å². The minimum atomic E-state index is -0.598. The second kappa shape index (κ2) is 7.23. The van der Waals surface area contributed by atoms with Gasteiger partial charge in [-0.1, -0.05) is 11.6 Å². The molecule has 1 heterocycles. The van der Waals surface area contributed by atoms with E-state index >= 15 is 0 Å². The SMILES string of the molecule is COc1ccc(NC(=O)COC(=O)c2ccc3nc[nH]c3c2)cc1Cl. The average Bonchev–Trinajstić information content (AvgIpc) is 3.07. The fourth-order valence-electron chi connectivity index (χ4n) is 2.22. The highest BCUT2D eigenvalue weighted by atomic mass is 35.5. The molecule has 0 fully saturated rings. The molecule has 0 aliphatic rings. The van der Waals surface area contributed by atoms with E-state index in [1.54, 1.807) is 36.4 Å². The van der Waals surface area contributed by atoms with Crippen molar-refractivity contribution in [3.8, 4) is 5.75 Å². The third-order valence-electron chi connectivity index (χ3n) is 3.43. The topological polar surface area (TPSA) is 93.3 Å². The van der Waals surface area contributed by atoms with Crippen LogP contribution in [-0.4, -0.2) is 35.6 Å². The van der Waals surface area contributed by atoms with Crippen molar-refractivity contribution in [2.75, 3.05) is 19.0 Å². The number of amides is 1. The van der Waals surface area contributed by atoms with E-state index in [9.17, 15) is 9.59 Å². The van der Waals surface area contributed by atoms with Crippen LogP contribution in [0.2, 0.25) is 5.02 Å². The number of halogens is 1. The predicted octanol–water partition coefficient (Wildman–Crippen LogP) is 3.02. The Morgan fingerprint density at radius 3 is 2.84 bits per heavy atom. The number of aromatic nitrogens is 2. The molecule has 0 unspecified atom stereocenters. The zero-order chi connectivity index (χ0) is 17.8. The van der Waals surface area contributed by atoms with Crippen molar-refractivity contribution in [3.05, 3.63) is 53.3 Å². The number of rotatable bonds is 5. The van der Waals surface area contributed by atoms with Gasteiger partial charge in [0, 0.05) is 5.69 Å². The van der Waals surface area contributed by atoms with E-state index in [1.165, 1.54) is 13.4 Å². The van der Waals surface area contributed by atoms with E-state index in [4.69, 9.17) is 21.1 Å². The monoisotopic (exact) mass is 359 g/mol. The second-order valence-corrected chi connectivity index (χ2v) is 5.52. The quantitative estimate of drug-likeness (QED) is 0.683.